The number of nitrogens with zero attached hydrogens (tertiary/aromatic N) is 1. The Morgan fingerprint density at radius 3 is 2.42 bits per heavy atom. The van der Waals surface area contributed by atoms with Crippen LogP contribution in [0, 0.1) is 11.3 Å². The number of rotatable bonds is 1. The van der Waals surface area contributed by atoms with E-state index in [4.69, 9.17) is 10.8 Å². The van der Waals surface area contributed by atoms with Gasteiger partial charge in [-0.2, -0.15) is 0 Å². The molecule has 3 N–H and O–H groups in total. The largest absolute Gasteiger partial charge is 0.465 e. The summed E-state index contributed by atoms with van der Waals surface area (Å²) in [5, 5.41) is 8.53. The lowest BCUT2D eigenvalue weighted by Crippen LogP contribution is -2.52. The second-order valence-corrected chi connectivity index (χ2v) is 3.66. The van der Waals surface area contributed by atoms with Gasteiger partial charge in [0, 0.05) is 24.4 Å². The number of hydrogen-bond acceptors (Lipinski definition) is 2. The van der Waals surface area contributed by atoms with E-state index in [1.165, 1.54) is 4.90 Å². The molecule has 2 aliphatic rings. The standard InChI is InChI=1S/C7H10N2O3/c8-5(10)4-1-7(4)2-9(3-7)6(11)12/h4H,1-3H2,(H2,8,10)(H,11,12). The van der Waals surface area contributed by atoms with Crippen molar-refractivity contribution in [2.24, 2.45) is 17.1 Å². The fourth-order valence-corrected chi connectivity index (χ4v) is 1.95. The average molecular weight is 170 g/mol. The Bertz CT molecular complexity index is 257. The second kappa shape index (κ2) is 1.91. The van der Waals surface area contributed by atoms with Crippen LogP contribution in [0.3, 0.4) is 0 Å². The van der Waals surface area contributed by atoms with Crippen LogP contribution in [0.4, 0.5) is 4.79 Å². The lowest BCUT2D eigenvalue weighted by atomic mass is 9.94. The van der Waals surface area contributed by atoms with Crippen LogP contribution in [0.2, 0.25) is 0 Å². The van der Waals surface area contributed by atoms with Gasteiger partial charge in [0.2, 0.25) is 5.91 Å². The molecule has 0 aromatic rings. The van der Waals surface area contributed by atoms with Gasteiger partial charge in [-0.05, 0) is 6.42 Å². The minimum Gasteiger partial charge on any atom is -0.465 e. The van der Waals surface area contributed by atoms with Crippen LogP contribution in [-0.2, 0) is 4.79 Å². The summed E-state index contributed by atoms with van der Waals surface area (Å²) in [6, 6.07) is 0. The van der Waals surface area contributed by atoms with Crippen LogP contribution in [0.1, 0.15) is 6.42 Å². The van der Waals surface area contributed by atoms with Crippen molar-refractivity contribution < 1.29 is 14.7 Å². The maximum atomic E-state index is 10.7. The summed E-state index contributed by atoms with van der Waals surface area (Å²) < 4.78 is 0. The smallest absolute Gasteiger partial charge is 0.407 e. The Morgan fingerprint density at radius 2 is 2.08 bits per heavy atom. The van der Waals surface area contributed by atoms with Crippen molar-refractivity contribution >= 4 is 12.0 Å². The molecule has 0 aromatic carbocycles. The first kappa shape index (κ1) is 7.39. The monoisotopic (exact) mass is 170 g/mol. The molecule has 12 heavy (non-hydrogen) atoms. The molecule has 1 atom stereocenters. The molecule has 1 spiro atoms. The van der Waals surface area contributed by atoms with E-state index in [0.29, 0.717) is 13.1 Å². The quantitative estimate of drug-likeness (QED) is 0.555. The number of amides is 2. The van der Waals surface area contributed by atoms with Gasteiger partial charge >= 0.3 is 6.09 Å². The summed E-state index contributed by atoms with van der Waals surface area (Å²) in [6.07, 6.45) is -0.137. The first-order valence-corrected chi connectivity index (χ1v) is 3.82. The molecular weight excluding hydrogens is 160 g/mol. The number of carbonyl (C=O) groups is 2. The number of carboxylic acid groups (broad SMARTS) is 1. The summed E-state index contributed by atoms with van der Waals surface area (Å²) in [4.78, 5) is 22.4. The van der Waals surface area contributed by atoms with Gasteiger partial charge in [-0.25, -0.2) is 4.79 Å². The first-order chi connectivity index (χ1) is 5.55. The average Bonchev–Trinajstić information content (AvgIpc) is 2.56. The third-order valence-corrected chi connectivity index (χ3v) is 2.82. The predicted octanol–water partition coefficient (Wildman–Crippen LogP) is -0.528. The molecule has 5 nitrogen and oxygen atoms in total. The fourth-order valence-electron chi connectivity index (χ4n) is 1.95. The van der Waals surface area contributed by atoms with Crippen LogP contribution in [-0.4, -0.2) is 35.1 Å². The van der Waals surface area contributed by atoms with E-state index in [-0.39, 0.29) is 17.2 Å². The second-order valence-electron chi connectivity index (χ2n) is 3.66. The first-order valence-electron chi connectivity index (χ1n) is 3.82. The Hall–Kier alpha value is -1.26. The minimum atomic E-state index is -0.907. The van der Waals surface area contributed by atoms with E-state index in [1.54, 1.807) is 0 Å². The number of likely N-dealkylation sites (tertiary alicyclic amines) is 1. The van der Waals surface area contributed by atoms with E-state index >= 15 is 0 Å². The Morgan fingerprint density at radius 1 is 1.50 bits per heavy atom. The highest BCUT2D eigenvalue weighted by molar-refractivity contribution is 5.82. The molecule has 1 aliphatic carbocycles. The molecule has 1 aliphatic heterocycles. The zero-order valence-electron chi connectivity index (χ0n) is 6.49. The molecule has 0 bridgehead atoms. The maximum Gasteiger partial charge on any atom is 0.407 e. The molecule has 2 fully saturated rings. The number of hydrogen-bond donors (Lipinski definition) is 2. The molecule has 1 saturated heterocycles. The summed E-state index contributed by atoms with van der Waals surface area (Å²) in [6.45, 7) is 0.964. The third-order valence-electron chi connectivity index (χ3n) is 2.82. The Kier molecular flexibility index (Phi) is 1.18. The SMILES string of the molecule is NC(=O)C1CC12CN(C(=O)O)C2. The highest BCUT2D eigenvalue weighted by atomic mass is 16.4. The molecular formula is C7H10N2O3. The Balaban J connectivity index is 1.91. The van der Waals surface area contributed by atoms with E-state index < -0.39 is 6.09 Å². The van der Waals surface area contributed by atoms with Crippen molar-refractivity contribution in [3.05, 3.63) is 0 Å². The maximum absolute atomic E-state index is 10.7. The van der Waals surface area contributed by atoms with Crippen molar-refractivity contribution in [3.63, 3.8) is 0 Å². The van der Waals surface area contributed by atoms with Gasteiger partial charge in [0.25, 0.3) is 0 Å². The minimum absolute atomic E-state index is 0.0653. The topological polar surface area (TPSA) is 83.6 Å². The van der Waals surface area contributed by atoms with E-state index in [1.807, 2.05) is 0 Å². The molecule has 1 unspecified atom stereocenters. The molecule has 1 heterocycles. The van der Waals surface area contributed by atoms with Crippen LogP contribution in [0.15, 0.2) is 0 Å². The number of carbonyl (C=O) groups excluding carboxylic acids is 1. The van der Waals surface area contributed by atoms with E-state index in [0.717, 1.165) is 6.42 Å². The summed E-state index contributed by atoms with van der Waals surface area (Å²) in [5.74, 6) is -0.367. The molecule has 0 radical (unpaired) electrons. The fraction of sp³-hybridized carbons (Fsp3) is 0.714. The Labute approximate surface area is 69.1 Å². The molecule has 1 saturated carbocycles. The lowest BCUT2D eigenvalue weighted by molar-refractivity contribution is -0.120. The van der Waals surface area contributed by atoms with Gasteiger partial charge in [0.1, 0.15) is 0 Å². The summed E-state index contributed by atoms with van der Waals surface area (Å²) in [7, 11) is 0. The van der Waals surface area contributed by atoms with Crippen LogP contribution >= 0.6 is 0 Å². The van der Waals surface area contributed by atoms with Crippen LogP contribution in [0.25, 0.3) is 0 Å². The number of nitrogens with two attached hydrogens (primary N) is 1. The highest BCUT2D eigenvalue weighted by Gasteiger charge is 2.64. The van der Waals surface area contributed by atoms with Gasteiger partial charge < -0.3 is 15.7 Å². The third kappa shape index (κ3) is 0.790. The predicted molar refractivity (Wildman–Crippen MR) is 39.3 cm³/mol. The summed E-state index contributed by atoms with van der Waals surface area (Å²) in [5.41, 5.74) is 5.03. The van der Waals surface area contributed by atoms with E-state index in [2.05, 4.69) is 0 Å². The van der Waals surface area contributed by atoms with E-state index in [9.17, 15) is 9.59 Å². The molecule has 5 heteroatoms. The van der Waals surface area contributed by atoms with Crippen molar-refractivity contribution in [2.75, 3.05) is 13.1 Å². The molecule has 0 aromatic heterocycles. The van der Waals surface area contributed by atoms with Gasteiger partial charge in [0.05, 0.1) is 0 Å². The van der Waals surface area contributed by atoms with Crippen LogP contribution < -0.4 is 5.73 Å². The van der Waals surface area contributed by atoms with Crippen molar-refractivity contribution in [1.29, 1.82) is 0 Å². The normalized spacial score (nSPS) is 29.7. The van der Waals surface area contributed by atoms with Gasteiger partial charge in [0.15, 0.2) is 0 Å². The molecule has 66 valence electrons. The summed E-state index contributed by atoms with van der Waals surface area (Å²) >= 11 is 0. The molecule has 2 rings (SSSR count). The van der Waals surface area contributed by atoms with Gasteiger partial charge in [-0.3, -0.25) is 4.79 Å². The van der Waals surface area contributed by atoms with Crippen molar-refractivity contribution in [3.8, 4) is 0 Å². The number of primary amides is 1. The van der Waals surface area contributed by atoms with Gasteiger partial charge in [-0.1, -0.05) is 0 Å². The zero-order valence-corrected chi connectivity index (χ0v) is 6.49. The lowest BCUT2D eigenvalue weighted by Gasteiger charge is -2.38. The highest BCUT2D eigenvalue weighted by Crippen LogP contribution is 2.58. The van der Waals surface area contributed by atoms with Crippen molar-refractivity contribution in [2.45, 2.75) is 6.42 Å². The van der Waals surface area contributed by atoms with Crippen LogP contribution in [0.5, 0.6) is 0 Å². The molecule has 2 amide bonds. The van der Waals surface area contributed by atoms with Crippen molar-refractivity contribution in [1.82, 2.24) is 4.90 Å². The van der Waals surface area contributed by atoms with Gasteiger partial charge in [-0.15, -0.1) is 0 Å². The zero-order chi connectivity index (χ0) is 8.93.